The highest BCUT2D eigenvalue weighted by Crippen LogP contribution is 2.46. The number of carboxylic acids is 1. The minimum atomic E-state index is -1.19. The number of aliphatic carboxylic acids is 1. The van der Waals surface area contributed by atoms with Gasteiger partial charge in [0, 0.05) is 34.0 Å². The molecule has 2 aliphatic rings. The molecule has 2 aliphatic heterocycles. The Balaban J connectivity index is 1.51. The normalized spacial score (nSPS) is 20.5. The molecule has 2 N–H and O–H groups in total. The van der Waals surface area contributed by atoms with Crippen LogP contribution in [0.4, 0.5) is 4.79 Å². The molecule has 0 bridgehead atoms. The first-order valence-corrected chi connectivity index (χ1v) is 12.3. The molecule has 2 aromatic heterocycles. The molecule has 0 radical (unpaired) electrons. The molecule has 1 saturated heterocycles. The van der Waals surface area contributed by atoms with Gasteiger partial charge in [0.05, 0.1) is 5.69 Å². The van der Waals surface area contributed by atoms with Crippen molar-refractivity contribution in [2.24, 2.45) is 0 Å². The van der Waals surface area contributed by atoms with Crippen LogP contribution in [-0.4, -0.2) is 60.7 Å². The number of amides is 2. The molecule has 1 fully saturated rings. The lowest BCUT2D eigenvalue weighted by Gasteiger charge is -2.49. The van der Waals surface area contributed by atoms with Gasteiger partial charge in [0.15, 0.2) is 4.34 Å². The van der Waals surface area contributed by atoms with E-state index >= 15 is 0 Å². The Bertz CT molecular complexity index is 1100. The third kappa shape index (κ3) is 4.62. The van der Waals surface area contributed by atoms with E-state index in [1.807, 2.05) is 17.5 Å². The van der Waals surface area contributed by atoms with E-state index < -0.39 is 35.0 Å². The van der Waals surface area contributed by atoms with Gasteiger partial charge in [0.25, 0.3) is 5.91 Å². The average Bonchev–Trinajstić information content (AvgIpc) is 3.19. The summed E-state index contributed by atoms with van der Waals surface area (Å²) in [6, 6.07) is 2.88. The zero-order valence-corrected chi connectivity index (χ0v) is 19.8. The van der Waals surface area contributed by atoms with Gasteiger partial charge in [-0.1, -0.05) is 11.8 Å². The number of carboxylic acid groups (broad SMARTS) is 1. The monoisotopic (exact) mass is 492 g/mol. The number of thioether (sulfide) groups is 2. The molecular formula is C20H20N4O5S3. The lowest BCUT2D eigenvalue weighted by molar-refractivity contribution is -0.149. The second-order valence-electron chi connectivity index (χ2n) is 7.95. The van der Waals surface area contributed by atoms with Gasteiger partial charge in [-0.15, -0.1) is 23.1 Å². The molecule has 0 aromatic carbocycles. The SMILES string of the molecule is CC(C)(C)OC(=O)NC1C(=O)N2C(C(=O)O)=C(Sc3nc(-c4ccncc4)cs3)CS[C@@H]12. The number of hydrogen-bond acceptors (Lipinski definition) is 9. The van der Waals surface area contributed by atoms with Crippen molar-refractivity contribution in [3.63, 3.8) is 0 Å². The summed E-state index contributed by atoms with van der Waals surface area (Å²) in [7, 11) is 0. The molecule has 2 atom stereocenters. The summed E-state index contributed by atoms with van der Waals surface area (Å²) in [4.78, 5) is 47.2. The van der Waals surface area contributed by atoms with Crippen LogP contribution in [0, 0.1) is 0 Å². The van der Waals surface area contributed by atoms with E-state index in [4.69, 9.17) is 4.74 Å². The summed E-state index contributed by atoms with van der Waals surface area (Å²) in [5.74, 6) is -1.27. The minimum absolute atomic E-state index is 0.0633. The first-order chi connectivity index (χ1) is 15.1. The second kappa shape index (κ2) is 8.75. The number of thiazole rings is 1. The molecule has 2 aromatic rings. The lowest BCUT2D eigenvalue weighted by atomic mass is 10.1. The van der Waals surface area contributed by atoms with E-state index in [9.17, 15) is 19.5 Å². The molecular weight excluding hydrogens is 472 g/mol. The number of rotatable bonds is 5. The molecule has 9 nitrogen and oxygen atoms in total. The Labute approximate surface area is 196 Å². The molecule has 2 amide bonds. The zero-order valence-electron chi connectivity index (χ0n) is 17.4. The van der Waals surface area contributed by atoms with Crippen LogP contribution in [0.2, 0.25) is 0 Å². The maximum atomic E-state index is 12.7. The quantitative estimate of drug-likeness (QED) is 0.605. The van der Waals surface area contributed by atoms with Crippen LogP contribution < -0.4 is 5.32 Å². The van der Waals surface area contributed by atoms with E-state index in [2.05, 4.69) is 15.3 Å². The molecule has 0 aliphatic carbocycles. The van der Waals surface area contributed by atoms with E-state index in [0.717, 1.165) is 11.3 Å². The first kappa shape index (κ1) is 22.6. The third-order valence-corrected chi connectivity index (χ3v) is 7.96. The summed E-state index contributed by atoms with van der Waals surface area (Å²) < 4.78 is 5.89. The number of β-lactam (4-membered cyclic amide) rings is 1. The van der Waals surface area contributed by atoms with Crippen LogP contribution >= 0.6 is 34.9 Å². The number of aromatic nitrogens is 2. The largest absolute Gasteiger partial charge is 0.477 e. The van der Waals surface area contributed by atoms with Crippen LogP contribution in [0.5, 0.6) is 0 Å². The molecule has 0 saturated carbocycles. The highest BCUT2D eigenvalue weighted by Gasteiger charge is 2.54. The standard InChI is InChI=1S/C20H20N4O5S3/c1-20(2,3)29-18(28)23-13-15(25)24-14(17(26)27)12(9-30-16(13)24)32-19-22-11(8-31-19)10-4-6-21-7-5-10/h4-8,13,16H,9H2,1-3H3,(H,23,28)(H,26,27)/t13?,16-/m0/s1. The highest BCUT2D eigenvalue weighted by atomic mass is 32.2. The molecule has 168 valence electrons. The van der Waals surface area contributed by atoms with Crippen molar-refractivity contribution in [3.05, 3.63) is 40.5 Å². The van der Waals surface area contributed by atoms with Gasteiger partial charge in [-0.2, -0.15) is 0 Å². The second-order valence-corrected chi connectivity index (χ2v) is 11.3. The first-order valence-electron chi connectivity index (χ1n) is 9.58. The van der Waals surface area contributed by atoms with Gasteiger partial charge in [-0.3, -0.25) is 14.7 Å². The number of ether oxygens (including phenoxy) is 1. The van der Waals surface area contributed by atoms with E-state index in [0.29, 0.717) is 15.0 Å². The molecule has 32 heavy (non-hydrogen) atoms. The van der Waals surface area contributed by atoms with Gasteiger partial charge in [0.1, 0.15) is 22.7 Å². The summed E-state index contributed by atoms with van der Waals surface area (Å²) in [6.45, 7) is 5.18. The Morgan fingerprint density at radius 3 is 2.69 bits per heavy atom. The Morgan fingerprint density at radius 1 is 1.31 bits per heavy atom. The number of fused-ring (bicyclic) bond motifs is 1. The van der Waals surface area contributed by atoms with Crippen LogP contribution in [0.3, 0.4) is 0 Å². The van der Waals surface area contributed by atoms with Crippen molar-refractivity contribution >= 4 is 52.8 Å². The van der Waals surface area contributed by atoms with E-state index in [-0.39, 0.29) is 5.70 Å². The van der Waals surface area contributed by atoms with Gasteiger partial charge in [-0.25, -0.2) is 14.6 Å². The van der Waals surface area contributed by atoms with Crippen molar-refractivity contribution in [1.29, 1.82) is 0 Å². The van der Waals surface area contributed by atoms with Crippen LogP contribution in [-0.2, 0) is 14.3 Å². The van der Waals surface area contributed by atoms with Gasteiger partial charge >= 0.3 is 12.1 Å². The average molecular weight is 493 g/mol. The number of carbonyl (C=O) groups excluding carboxylic acids is 2. The molecule has 12 heteroatoms. The van der Waals surface area contributed by atoms with Gasteiger partial charge in [-0.05, 0) is 32.9 Å². The molecule has 0 spiro atoms. The fraction of sp³-hybridized carbons (Fsp3) is 0.350. The fourth-order valence-corrected chi connectivity index (χ4v) is 6.63. The van der Waals surface area contributed by atoms with E-state index in [1.165, 1.54) is 39.8 Å². The van der Waals surface area contributed by atoms with Gasteiger partial charge < -0.3 is 15.2 Å². The number of pyridine rings is 1. The van der Waals surface area contributed by atoms with Crippen molar-refractivity contribution in [2.45, 2.75) is 42.1 Å². The number of carbonyl (C=O) groups is 3. The van der Waals surface area contributed by atoms with Crippen molar-refractivity contribution in [2.75, 3.05) is 5.75 Å². The van der Waals surface area contributed by atoms with Crippen LogP contribution in [0.15, 0.2) is 44.8 Å². The minimum Gasteiger partial charge on any atom is -0.477 e. The molecule has 4 rings (SSSR count). The maximum Gasteiger partial charge on any atom is 0.408 e. The highest BCUT2D eigenvalue weighted by molar-refractivity contribution is 8.07. The molecule has 1 unspecified atom stereocenters. The number of nitrogens with one attached hydrogen (secondary N) is 1. The Morgan fingerprint density at radius 2 is 2.03 bits per heavy atom. The maximum absolute atomic E-state index is 12.7. The lowest BCUT2D eigenvalue weighted by Crippen LogP contribution is -2.70. The fourth-order valence-electron chi connectivity index (χ4n) is 3.17. The van der Waals surface area contributed by atoms with Crippen LogP contribution in [0.25, 0.3) is 11.3 Å². The summed E-state index contributed by atoms with van der Waals surface area (Å²) >= 11 is 4.05. The number of hydrogen-bond donors (Lipinski definition) is 2. The van der Waals surface area contributed by atoms with Crippen molar-refractivity contribution in [3.8, 4) is 11.3 Å². The Kier molecular flexibility index (Phi) is 6.19. The predicted octanol–water partition coefficient (Wildman–Crippen LogP) is 3.40. The third-order valence-electron chi connectivity index (χ3n) is 4.48. The molecule has 4 heterocycles. The number of alkyl carbamates (subject to hydrolysis) is 1. The number of nitrogens with zero attached hydrogens (tertiary/aromatic N) is 3. The smallest absolute Gasteiger partial charge is 0.408 e. The van der Waals surface area contributed by atoms with Crippen molar-refractivity contribution in [1.82, 2.24) is 20.2 Å². The van der Waals surface area contributed by atoms with Gasteiger partial charge in [0.2, 0.25) is 0 Å². The summed E-state index contributed by atoms with van der Waals surface area (Å²) in [5, 5.41) is 13.8. The van der Waals surface area contributed by atoms with Crippen LogP contribution in [0.1, 0.15) is 20.8 Å². The van der Waals surface area contributed by atoms with E-state index in [1.54, 1.807) is 33.2 Å². The Hall–Kier alpha value is -2.57. The summed E-state index contributed by atoms with van der Waals surface area (Å²) in [6.07, 6.45) is 2.66. The topological polar surface area (TPSA) is 122 Å². The zero-order chi connectivity index (χ0) is 23.0. The van der Waals surface area contributed by atoms with Crippen molar-refractivity contribution < 1.29 is 24.2 Å². The summed E-state index contributed by atoms with van der Waals surface area (Å²) in [5.41, 5.74) is 0.935. The predicted molar refractivity (Wildman–Crippen MR) is 122 cm³/mol.